The zero-order chi connectivity index (χ0) is 9.90. The highest BCUT2D eigenvalue weighted by Crippen LogP contribution is 2.13. The summed E-state index contributed by atoms with van der Waals surface area (Å²) in [6.45, 7) is 4.78. The Hall–Kier alpha value is -0.610. The maximum atomic E-state index is 11.0. The van der Waals surface area contributed by atoms with Gasteiger partial charge in [-0.15, -0.1) is 0 Å². The number of hydrogen-bond acceptors (Lipinski definition) is 4. The molecule has 0 aliphatic carbocycles. The normalized spacial score (nSPS) is 27.0. The second-order valence-electron chi connectivity index (χ2n) is 3.76. The highest BCUT2D eigenvalue weighted by molar-refractivity contribution is 5.76. The van der Waals surface area contributed by atoms with Crippen LogP contribution in [0.5, 0.6) is 0 Å². The van der Waals surface area contributed by atoms with Crippen molar-refractivity contribution < 1.29 is 14.3 Å². The molecule has 1 aliphatic heterocycles. The molecule has 0 radical (unpaired) electrons. The van der Waals surface area contributed by atoms with Gasteiger partial charge in [-0.2, -0.15) is 0 Å². The molecule has 0 bridgehead atoms. The van der Waals surface area contributed by atoms with E-state index in [1.54, 1.807) is 0 Å². The molecule has 1 saturated heterocycles. The molecule has 0 aromatic carbocycles. The van der Waals surface area contributed by atoms with Crippen LogP contribution in [0.25, 0.3) is 0 Å². The zero-order valence-electron chi connectivity index (χ0n) is 8.21. The SMILES string of the molecule is CCC(C)(N)COC1CCOC1=O. The van der Waals surface area contributed by atoms with Gasteiger partial charge >= 0.3 is 5.97 Å². The molecule has 0 aromatic rings. The fourth-order valence-corrected chi connectivity index (χ4v) is 1.02. The Kier molecular flexibility index (Phi) is 3.27. The van der Waals surface area contributed by atoms with Gasteiger partial charge in [-0.25, -0.2) is 4.79 Å². The Morgan fingerprint density at radius 2 is 2.46 bits per heavy atom. The van der Waals surface area contributed by atoms with Crippen LogP contribution in [0.4, 0.5) is 0 Å². The van der Waals surface area contributed by atoms with Gasteiger partial charge in [0.1, 0.15) is 0 Å². The average molecular weight is 187 g/mol. The summed E-state index contributed by atoms with van der Waals surface area (Å²) in [4.78, 5) is 11.0. The van der Waals surface area contributed by atoms with Crippen LogP contribution < -0.4 is 5.73 Å². The monoisotopic (exact) mass is 187 g/mol. The van der Waals surface area contributed by atoms with Crippen molar-refractivity contribution in [1.82, 2.24) is 0 Å². The predicted molar refractivity (Wildman–Crippen MR) is 48.2 cm³/mol. The summed E-state index contributed by atoms with van der Waals surface area (Å²) < 4.78 is 10.1. The first kappa shape index (κ1) is 10.5. The summed E-state index contributed by atoms with van der Waals surface area (Å²) in [5.74, 6) is -0.257. The van der Waals surface area contributed by atoms with Crippen molar-refractivity contribution in [2.24, 2.45) is 5.73 Å². The van der Waals surface area contributed by atoms with Gasteiger partial charge in [0.05, 0.1) is 13.2 Å². The quantitative estimate of drug-likeness (QED) is 0.649. The van der Waals surface area contributed by atoms with Gasteiger partial charge in [0.2, 0.25) is 0 Å². The lowest BCUT2D eigenvalue weighted by molar-refractivity contribution is -0.148. The first-order chi connectivity index (χ1) is 6.05. The average Bonchev–Trinajstić information content (AvgIpc) is 2.48. The second-order valence-corrected chi connectivity index (χ2v) is 3.76. The van der Waals surface area contributed by atoms with Crippen molar-refractivity contribution in [1.29, 1.82) is 0 Å². The third-order valence-corrected chi connectivity index (χ3v) is 2.31. The van der Waals surface area contributed by atoms with Gasteiger partial charge in [0, 0.05) is 12.0 Å². The van der Waals surface area contributed by atoms with Crippen molar-refractivity contribution in [2.75, 3.05) is 13.2 Å². The van der Waals surface area contributed by atoms with Crippen LogP contribution in [-0.2, 0) is 14.3 Å². The van der Waals surface area contributed by atoms with E-state index in [1.165, 1.54) is 0 Å². The molecule has 2 atom stereocenters. The maximum absolute atomic E-state index is 11.0. The van der Waals surface area contributed by atoms with E-state index in [0.29, 0.717) is 19.6 Å². The van der Waals surface area contributed by atoms with Crippen molar-refractivity contribution in [3.05, 3.63) is 0 Å². The molecule has 2 unspecified atom stereocenters. The Morgan fingerprint density at radius 1 is 1.77 bits per heavy atom. The van der Waals surface area contributed by atoms with E-state index in [1.807, 2.05) is 13.8 Å². The predicted octanol–water partition coefficient (Wildman–Crippen LogP) is 0.446. The van der Waals surface area contributed by atoms with E-state index in [4.69, 9.17) is 15.2 Å². The van der Waals surface area contributed by atoms with Crippen molar-refractivity contribution in [3.8, 4) is 0 Å². The van der Waals surface area contributed by atoms with E-state index in [-0.39, 0.29) is 11.5 Å². The van der Waals surface area contributed by atoms with E-state index in [0.717, 1.165) is 6.42 Å². The largest absolute Gasteiger partial charge is 0.464 e. The molecule has 1 rings (SSSR count). The first-order valence-corrected chi connectivity index (χ1v) is 4.62. The van der Waals surface area contributed by atoms with Crippen LogP contribution in [0.2, 0.25) is 0 Å². The van der Waals surface area contributed by atoms with Crippen LogP contribution in [0.3, 0.4) is 0 Å². The third-order valence-electron chi connectivity index (χ3n) is 2.31. The van der Waals surface area contributed by atoms with Crippen molar-refractivity contribution in [3.63, 3.8) is 0 Å². The van der Waals surface area contributed by atoms with Gasteiger partial charge in [0.25, 0.3) is 0 Å². The summed E-state index contributed by atoms with van der Waals surface area (Å²) in [5.41, 5.74) is 5.52. The van der Waals surface area contributed by atoms with Gasteiger partial charge < -0.3 is 15.2 Å². The van der Waals surface area contributed by atoms with Crippen molar-refractivity contribution in [2.45, 2.75) is 38.3 Å². The molecular weight excluding hydrogens is 170 g/mol. The molecule has 0 saturated carbocycles. The van der Waals surface area contributed by atoms with Crippen LogP contribution >= 0.6 is 0 Å². The molecule has 0 spiro atoms. The minimum atomic E-state index is -0.394. The lowest BCUT2D eigenvalue weighted by Crippen LogP contribution is -2.42. The molecule has 1 heterocycles. The fraction of sp³-hybridized carbons (Fsp3) is 0.889. The molecule has 4 nitrogen and oxygen atoms in total. The number of ether oxygens (including phenoxy) is 2. The molecule has 0 aromatic heterocycles. The third kappa shape index (κ3) is 2.97. The highest BCUT2D eigenvalue weighted by Gasteiger charge is 2.29. The van der Waals surface area contributed by atoms with Crippen LogP contribution in [0.1, 0.15) is 26.7 Å². The van der Waals surface area contributed by atoms with E-state index >= 15 is 0 Å². The Morgan fingerprint density at radius 3 is 2.92 bits per heavy atom. The summed E-state index contributed by atoms with van der Waals surface area (Å²) >= 11 is 0. The minimum Gasteiger partial charge on any atom is -0.464 e. The number of esters is 1. The number of nitrogens with two attached hydrogens (primary N) is 1. The number of carbonyl (C=O) groups is 1. The van der Waals surface area contributed by atoms with Gasteiger partial charge in [-0.3, -0.25) is 0 Å². The van der Waals surface area contributed by atoms with Gasteiger partial charge in [0.15, 0.2) is 6.10 Å². The van der Waals surface area contributed by atoms with Crippen LogP contribution in [-0.4, -0.2) is 30.8 Å². The fourth-order valence-electron chi connectivity index (χ4n) is 1.02. The smallest absolute Gasteiger partial charge is 0.335 e. The molecule has 76 valence electrons. The van der Waals surface area contributed by atoms with E-state index in [2.05, 4.69) is 0 Å². The molecule has 0 amide bonds. The molecule has 1 fully saturated rings. The molecule has 2 N–H and O–H groups in total. The van der Waals surface area contributed by atoms with Crippen LogP contribution in [0, 0.1) is 0 Å². The van der Waals surface area contributed by atoms with Gasteiger partial charge in [-0.05, 0) is 13.3 Å². The first-order valence-electron chi connectivity index (χ1n) is 4.62. The Labute approximate surface area is 78.4 Å². The minimum absolute atomic E-state index is 0.257. The number of rotatable bonds is 4. The Balaban J connectivity index is 2.29. The number of cyclic esters (lactones) is 1. The topological polar surface area (TPSA) is 61.6 Å². The molecule has 1 aliphatic rings. The zero-order valence-corrected chi connectivity index (χ0v) is 8.21. The summed E-state index contributed by atoms with van der Waals surface area (Å²) in [7, 11) is 0. The number of hydrogen-bond donors (Lipinski definition) is 1. The van der Waals surface area contributed by atoms with Gasteiger partial charge in [-0.1, -0.05) is 6.92 Å². The molecule has 4 heteroatoms. The summed E-state index contributed by atoms with van der Waals surface area (Å²) in [5, 5.41) is 0. The highest BCUT2D eigenvalue weighted by atomic mass is 16.6. The lowest BCUT2D eigenvalue weighted by Gasteiger charge is -2.23. The summed E-state index contributed by atoms with van der Waals surface area (Å²) in [6.07, 6.45) is 1.09. The van der Waals surface area contributed by atoms with Crippen molar-refractivity contribution >= 4 is 5.97 Å². The second kappa shape index (κ2) is 4.07. The molecular formula is C9H17NO3. The Bertz CT molecular complexity index is 191. The van der Waals surface area contributed by atoms with E-state index < -0.39 is 6.10 Å². The maximum Gasteiger partial charge on any atom is 0.335 e. The summed E-state index contributed by atoms with van der Waals surface area (Å²) in [6, 6.07) is 0. The lowest BCUT2D eigenvalue weighted by atomic mass is 10.0. The van der Waals surface area contributed by atoms with Crippen LogP contribution in [0.15, 0.2) is 0 Å². The number of carbonyl (C=O) groups excluding carboxylic acids is 1. The standard InChI is InChI=1S/C9H17NO3/c1-3-9(2,10)6-13-7-4-5-12-8(7)11/h7H,3-6,10H2,1-2H3. The molecule has 13 heavy (non-hydrogen) atoms. The van der Waals surface area contributed by atoms with E-state index in [9.17, 15) is 4.79 Å².